The zero-order chi connectivity index (χ0) is 21.9. The van der Waals surface area contributed by atoms with Gasteiger partial charge in [-0.05, 0) is 38.5 Å². The van der Waals surface area contributed by atoms with Gasteiger partial charge < -0.3 is 25.2 Å². The molecule has 0 aromatic rings. The molecule has 2 saturated carbocycles. The molecule has 0 spiro atoms. The van der Waals surface area contributed by atoms with E-state index in [1.165, 1.54) is 0 Å². The third-order valence-corrected chi connectivity index (χ3v) is 5.84. The van der Waals surface area contributed by atoms with E-state index < -0.39 is 71.3 Å². The quantitative estimate of drug-likeness (QED) is 0.348. The Bertz CT molecular complexity index is 667. The standard InChI is InChI=1S/C18H22O11/c19-13(20)7-1-3-9(11(5-7)15(23)24)17(27)29-18(28)10-4-2-8(14(21)22)6-12(10)16(25)26/h7-12H,1-6H2,(H,19,20)(H,21,22)(H,23,24)(H,25,26). The Morgan fingerprint density at radius 1 is 0.517 bits per heavy atom. The predicted octanol–water partition coefficient (Wildman–Crippen LogP) is 0.460. The highest BCUT2D eigenvalue weighted by atomic mass is 16.6. The Balaban J connectivity index is 2.08. The van der Waals surface area contributed by atoms with Crippen LogP contribution in [0, 0.1) is 35.5 Å². The first-order valence-electron chi connectivity index (χ1n) is 9.19. The molecule has 0 aromatic heterocycles. The van der Waals surface area contributed by atoms with Gasteiger partial charge in [-0.15, -0.1) is 0 Å². The molecule has 29 heavy (non-hydrogen) atoms. The average Bonchev–Trinajstić information content (AvgIpc) is 2.66. The molecule has 0 radical (unpaired) electrons. The Kier molecular flexibility index (Phi) is 6.93. The van der Waals surface area contributed by atoms with Gasteiger partial charge >= 0.3 is 35.8 Å². The van der Waals surface area contributed by atoms with Gasteiger partial charge in [-0.3, -0.25) is 28.8 Å². The number of carboxylic acids is 4. The smallest absolute Gasteiger partial charge is 0.317 e. The highest BCUT2D eigenvalue weighted by molar-refractivity contribution is 5.92. The molecule has 2 aliphatic carbocycles. The number of hydrogen-bond acceptors (Lipinski definition) is 7. The zero-order valence-electron chi connectivity index (χ0n) is 15.4. The number of carbonyl (C=O) groups is 6. The molecule has 11 nitrogen and oxygen atoms in total. The van der Waals surface area contributed by atoms with Crippen LogP contribution in [0.1, 0.15) is 38.5 Å². The van der Waals surface area contributed by atoms with E-state index >= 15 is 0 Å². The molecule has 4 N–H and O–H groups in total. The lowest BCUT2D eigenvalue weighted by molar-refractivity contribution is -0.176. The average molecular weight is 414 g/mol. The van der Waals surface area contributed by atoms with Gasteiger partial charge in [-0.25, -0.2) is 0 Å². The molecule has 160 valence electrons. The summed E-state index contributed by atoms with van der Waals surface area (Å²) in [6.45, 7) is 0. The van der Waals surface area contributed by atoms with Crippen LogP contribution in [0.25, 0.3) is 0 Å². The van der Waals surface area contributed by atoms with E-state index in [-0.39, 0.29) is 38.5 Å². The maximum Gasteiger partial charge on any atom is 0.317 e. The van der Waals surface area contributed by atoms with Crippen LogP contribution < -0.4 is 0 Å². The second-order valence-electron chi connectivity index (χ2n) is 7.54. The molecule has 6 unspecified atom stereocenters. The highest BCUT2D eigenvalue weighted by Crippen LogP contribution is 2.38. The van der Waals surface area contributed by atoms with Crippen molar-refractivity contribution >= 4 is 35.8 Å². The summed E-state index contributed by atoms with van der Waals surface area (Å²) in [7, 11) is 0. The summed E-state index contributed by atoms with van der Waals surface area (Å²) >= 11 is 0. The molecule has 2 aliphatic rings. The van der Waals surface area contributed by atoms with Crippen molar-refractivity contribution in [3.05, 3.63) is 0 Å². The topological polar surface area (TPSA) is 193 Å². The molecule has 6 atom stereocenters. The summed E-state index contributed by atoms with van der Waals surface area (Å²) in [6, 6.07) is 0. The minimum absolute atomic E-state index is 0.0501. The molecule has 0 heterocycles. The Morgan fingerprint density at radius 2 is 0.862 bits per heavy atom. The van der Waals surface area contributed by atoms with E-state index in [1.54, 1.807) is 0 Å². The molecule has 2 fully saturated rings. The first-order chi connectivity index (χ1) is 13.5. The number of carboxylic acid groups (broad SMARTS) is 4. The fraction of sp³-hybridized carbons (Fsp3) is 0.667. The van der Waals surface area contributed by atoms with Crippen molar-refractivity contribution in [2.75, 3.05) is 0 Å². The number of ether oxygens (including phenoxy) is 1. The second-order valence-corrected chi connectivity index (χ2v) is 7.54. The second kappa shape index (κ2) is 9.01. The van der Waals surface area contributed by atoms with E-state index in [0.29, 0.717) is 0 Å². The van der Waals surface area contributed by atoms with Crippen molar-refractivity contribution in [1.29, 1.82) is 0 Å². The molecule has 0 aromatic carbocycles. The van der Waals surface area contributed by atoms with Gasteiger partial charge in [0.05, 0.1) is 35.5 Å². The van der Waals surface area contributed by atoms with E-state index in [2.05, 4.69) is 0 Å². The molecular weight excluding hydrogens is 392 g/mol. The minimum atomic E-state index is -1.38. The lowest BCUT2D eigenvalue weighted by Gasteiger charge is -2.32. The molecule has 0 amide bonds. The summed E-state index contributed by atoms with van der Waals surface area (Å²) < 4.78 is 4.78. The number of carbonyl (C=O) groups excluding carboxylic acids is 2. The van der Waals surface area contributed by atoms with Gasteiger partial charge in [-0.1, -0.05) is 0 Å². The molecule has 2 rings (SSSR count). The third-order valence-electron chi connectivity index (χ3n) is 5.84. The number of esters is 2. The van der Waals surface area contributed by atoms with Crippen molar-refractivity contribution in [2.24, 2.45) is 35.5 Å². The summed E-state index contributed by atoms with van der Waals surface area (Å²) in [4.78, 5) is 69.9. The number of hydrogen-bond donors (Lipinski definition) is 4. The van der Waals surface area contributed by atoms with Crippen LogP contribution in [0.15, 0.2) is 0 Å². The van der Waals surface area contributed by atoms with Gasteiger partial charge in [0, 0.05) is 0 Å². The van der Waals surface area contributed by atoms with Gasteiger partial charge in [0.1, 0.15) is 0 Å². The van der Waals surface area contributed by atoms with Gasteiger partial charge in [0.25, 0.3) is 0 Å². The van der Waals surface area contributed by atoms with Crippen molar-refractivity contribution in [3.63, 3.8) is 0 Å². The van der Waals surface area contributed by atoms with Crippen molar-refractivity contribution in [3.8, 4) is 0 Å². The lowest BCUT2D eigenvalue weighted by Crippen LogP contribution is -2.42. The van der Waals surface area contributed by atoms with Crippen LogP contribution in [0.4, 0.5) is 0 Å². The monoisotopic (exact) mass is 414 g/mol. The summed E-state index contributed by atoms with van der Waals surface area (Å²) in [5, 5.41) is 36.8. The maximum absolute atomic E-state index is 12.4. The van der Waals surface area contributed by atoms with E-state index in [0.717, 1.165) is 0 Å². The van der Waals surface area contributed by atoms with Crippen molar-refractivity contribution in [1.82, 2.24) is 0 Å². The van der Waals surface area contributed by atoms with Crippen LogP contribution in [0.5, 0.6) is 0 Å². The molecule has 0 saturated heterocycles. The van der Waals surface area contributed by atoms with Gasteiger partial charge in [0.2, 0.25) is 0 Å². The Hall–Kier alpha value is -2.98. The first-order valence-corrected chi connectivity index (χ1v) is 9.19. The molecule has 0 aliphatic heterocycles. The summed E-state index contributed by atoms with van der Waals surface area (Å²) in [6.07, 6.45) is -0.633. The minimum Gasteiger partial charge on any atom is -0.481 e. The maximum atomic E-state index is 12.4. The van der Waals surface area contributed by atoms with Crippen LogP contribution in [0.3, 0.4) is 0 Å². The van der Waals surface area contributed by atoms with E-state index in [9.17, 15) is 39.0 Å². The highest BCUT2D eigenvalue weighted by Gasteiger charge is 2.46. The Morgan fingerprint density at radius 3 is 1.14 bits per heavy atom. The van der Waals surface area contributed by atoms with Gasteiger partial charge in [-0.2, -0.15) is 0 Å². The summed E-state index contributed by atoms with van der Waals surface area (Å²) in [5.41, 5.74) is 0. The molecule has 0 bridgehead atoms. The third kappa shape index (κ3) is 5.09. The first kappa shape index (κ1) is 22.3. The fourth-order valence-corrected chi connectivity index (χ4v) is 4.15. The fourth-order valence-electron chi connectivity index (χ4n) is 4.15. The number of rotatable bonds is 6. The number of aliphatic carboxylic acids is 4. The molecule has 11 heteroatoms. The summed E-state index contributed by atoms with van der Waals surface area (Å²) in [5.74, 6) is -14.3. The largest absolute Gasteiger partial charge is 0.481 e. The predicted molar refractivity (Wildman–Crippen MR) is 90.3 cm³/mol. The van der Waals surface area contributed by atoms with Gasteiger partial charge in [0.15, 0.2) is 0 Å². The zero-order valence-corrected chi connectivity index (χ0v) is 15.4. The van der Waals surface area contributed by atoms with Crippen LogP contribution in [0.2, 0.25) is 0 Å². The normalized spacial score (nSPS) is 32.0. The van der Waals surface area contributed by atoms with Crippen molar-refractivity contribution in [2.45, 2.75) is 38.5 Å². The Labute approximate surface area is 164 Å². The van der Waals surface area contributed by atoms with Crippen LogP contribution in [-0.2, 0) is 33.5 Å². The SMILES string of the molecule is O=C(O)C1CCC(C(=O)OC(=O)C2CCC(C(=O)O)CC2C(=O)O)C(C(=O)O)C1. The lowest BCUT2D eigenvalue weighted by atomic mass is 9.73. The van der Waals surface area contributed by atoms with Crippen LogP contribution in [-0.4, -0.2) is 56.2 Å². The van der Waals surface area contributed by atoms with Crippen LogP contribution >= 0.6 is 0 Å². The van der Waals surface area contributed by atoms with E-state index in [4.69, 9.17) is 14.9 Å². The van der Waals surface area contributed by atoms with E-state index in [1.807, 2.05) is 0 Å². The van der Waals surface area contributed by atoms with Crippen molar-refractivity contribution < 1.29 is 53.9 Å². The molecular formula is C18H22O11.